The van der Waals surface area contributed by atoms with Crippen LogP contribution < -0.4 is 14.4 Å². The van der Waals surface area contributed by atoms with E-state index in [1.54, 1.807) is 20.5 Å². The highest BCUT2D eigenvalue weighted by molar-refractivity contribution is 5.93. The monoisotopic (exact) mass is 404 g/mol. The van der Waals surface area contributed by atoms with Crippen molar-refractivity contribution in [3.8, 4) is 11.5 Å². The molecular weight excluding hydrogens is 380 g/mol. The summed E-state index contributed by atoms with van der Waals surface area (Å²) >= 11 is 0. The van der Waals surface area contributed by atoms with E-state index in [-0.39, 0.29) is 0 Å². The van der Waals surface area contributed by atoms with Gasteiger partial charge in [-0.15, -0.1) is 10.2 Å². The molecule has 2 aromatic heterocycles. The molecule has 0 N–H and O–H groups in total. The smallest absolute Gasteiger partial charge is 0.171 e. The van der Waals surface area contributed by atoms with Crippen LogP contribution in [0, 0.1) is 0 Å². The standard InChI is InChI=1S/C22H24N6O2/c1-29-19-12-17-18(13-20(19)30-2)23-15-28-21(24-25-22(17)28)14-26-8-10-27(11-9-26)16-6-4-3-5-7-16/h3-7,12-13,15H,8-11,14H2,1-2H3. The maximum absolute atomic E-state index is 5.44. The van der Waals surface area contributed by atoms with Gasteiger partial charge in [0.1, 0.15) is 6.33 Å². The fourth-order valence-corrected chi connectivity index (χ4v) is 4.01. The molecule has 0 unspecified atom stereocenters. The number of ether oxygens (including phenoxy) is 2. The van der Waals surface area contributed by atoms with Crippen molar-refractivity contribution in [3.05, 3.63) is 54.6 Å². The summed E-state index contributed by atoms with van der Waals surface area (Å²) in [4.78, 5) is 9.43. The first kappa shape index (κ1) is 18.6. The van der Waals surface area contributed by atoms with Crippen LogP contribution in [0.4, 0.5) is 5.69 Å². The number of hydrogen-bond donors (Lipinski definition) is 0. The zero-order chi connectivity index (χ0) is 20.5. The normalized spacial score (nSPS) is 15.1. The number of anilines is 1. The predicted octanol–water partition coefficient (Wildman–Crippen LogP) is 2.62. The summed E-state index contributed by atoms with van der Waals surface area (Å²) in [5.41, 5.74) is 2.86. The molecule has 8 heteroatoms. The van der Waals surface area contributed by atoms with Crippen LogP contribution in [0.25, 0.3) is 16.6 Å². The molecule has 5 rings (SSSR count). The van der Waals surface area contributed by atoms with Crippen LogP contribution in [0.3, 0.4) is 0 Å². The molecule has 8 nitrogen and oxygen atoms in total. The van der Waals surface area contributed by atoms with Crippen LogP contribution in [0.15, 0.2) is 48.8 Å². The van der Waals surface area contributed by atoms with Gasteiger partial charge in [0, 0.05) is 43.3 Å². The van der Waals surface area contributed by atoms with E-state index in [1.165, 1.54) is 5.69 Å². The molecule has 2 aromatic carbocycles. The van der Waals surface area contributed by atoms with Gasteiger partial charge < -0.3 is 14.4 Å². The van der Waals surface area contributed by atoms with Crippen LogP contribution in [0.5, 0.6) is 11.5 Å². The van der Waals surface area contributed by atoms with Crippen molar-refractivity contribution < 1.29 is 9.47 Å². The van der Waals surface area contributed by atoms with Gasteiger partial charge >= 0.3 is 0 Å². The average Bonchev–Trinajstić information content (AvgIpc) is 3.22. The van der Waals surface area contributed by atoms with Gasteiger partial charge in [0.25, 0.3) is 0 Å². The Hall–Kier alpha value is -3.39. The summed E-state index contributed by atoms with van der Waals surface area (Å²) in [6.07, 6.45) is 1.79. The van der Waals surface area contributed by atoms with Crippen LogP contribution in [0.1, 0.15) is 5.82 Å². The number of piperazine rings is 1. The van der Waals surface area contributed by atoms with Crippen molar-refractivity contribution in [2.45, 2.75) is 6.54 Å². The molecule has 1 aliphatic heterocycles. The Morgan fingerprint density at radius 1 is 0.900 bits per heavy atom. The molecule has 3 heterocycles. The maximum Gasteiger partial charge on any atom is 0.171 e. The molecule has 0 aliphatic carbocycles. The Morgan fingerprint density at radius 2 is 1.63 bits per heavy atom. The molecule has 0 radical (unpaired) electrons. The zero-order valence-electron chi connectivity index (χ0n) is 17.2. The number of para-hydroxylation sites is 1. The van der Waals surface area contributed by atoms with E-state index in [9.17, 15) is 0 Å². The van der Waals surface area contributed by atoms with Gasteiger partial charge in [-0.1, -0.05) is 18.2 Å². The molecule has 1 saturated heterocycles. The molecule has 0 saturated carbocycles. The summed E-state index contributed by atoms with van der Waals surface area (Å²) in [7, 11) is 3.25. The van der Waals surface area contributed by atoms with Crippen LogP contribution in [-0.4, -0.2) is 64.9 Å². The lowest BCUT2D eigenvalue weighted by Gasteiger charge is -2.35. The van der Waals surface area contributed by atoms with Crippen molar-refractivity contribution in [2.75, 3.05) is 45.3 Å². The third-order valence-corrected chi connectivity index (χ3v) is 5.68. The first-order chi connectivity index (χ1) is 14.8. The summed E-state index contributed by atoms with van der Waals surface area (Å²) in [6, 6.07) is 14.3. The van der Waals surface area contributed by atoms with E-state index in [0.717, 1.165) is 55.1 Å². The fraction of sp³-hybridized carbons (Fsp3) is 0.318. The Labute approximate surface area is 174 Å². The summed E-state index contributed by atoms with van der Waals surface area (Å²) < 4.78 is 12.8. The predicted molar refractivity (Wildman–Crippen MR) is 115 cm³/mol. The minimum atomic E-state index is 0.651. The largest absolute Gasteiger partial charge is 0.493 e. The quantitative estimate of drug-likeness (QED) is 0.506. The van der Waals surface area contributed by atoms with Crippen molar-refractivity contribution in [2.24, 2.45) is 0 Å². The number of rotatable bonds is 5. The Morgan fingerprint density at radius 3 is 2.37 bits per heavy atom. The van der Waals surface area contributed by atoms with Gasteiger partial charge in [-0.3, -0.25) is 9.30 Å². The first-order valence-corrected chi connectivity index (χ1v) is 10.0. The lowest BCUT2D eigenvalue weighted by molar-refractivity contribution is 0.243. The van der Waals surface area contributed by atoms with E-state index in [0.29, 0.717) is 11.5 Å². The van der Waals surface area contributed by atoms with Gasteiger partial charge in [0.05, 0.1) is 26.3 Å². The van der Waals surface area contributed by atoms with E-state index in [2.05, 4.69) is 55.3 Å². The molecule has 154 valence electrons. The number of hydrogen-bond acceptors (Lipinski definition) is 7. The number of fused-ring (bicyclic) bond motifs is 3. The molecule has 1 aliphatic rings. The number of aromatic nitrogens is 4. The van der Waals surface area contributed by atoms with E-state index in [4.69, 9.17) is 9.47 Å². The van der Waals surface area contributed by atoms with E-state index in [1.807, 2.05) is 16.5 Å². The van der Waals surface area contributed by atoms with Crippen molar-refractivity contribution >= 4 is 22.2 Å². The molecule has 0 bridgehead atoms. The summed E-state index contributed by atoms with van der Waals surface area (Å²) in [5, 5.41) is 9.80. The summed E-state index contributed by atoms with van der Waals surface area (Å²) in [5.74, 6) is 2.20. The topological polar surface area (TPSA) is 68.0 Å². The van der Waals surface area contributed by atoms with Crippen LogP contribution in [0.2, 0.25) is 0 Å². The minimum absolute atomic E-state index is 0.651. The van der Waals surface area contributed by atoms with Crippen molar-refractivity contribution in [1.29, 1.82) is 0 Å². The second kappa shape index (κ2) is 7.79. The molecule has 0 atom stereocenters. The lowest BCUT2D eigenvalue weighted by Crippen LogP contribution is -2.46. The highest BCUT2D eigenvalue weighted by atomic mass is 16.5. The summed E-state index contributed by atoms with van der Waals surface area (Å²) in [6.45, 7) is 4.70. The minimum Gasteiger partial charge on any atom is -0.493 e. The van der Waals surface area contributed by atoms with E-state index < -0.39 is 0 Å². The number of methoxy groups -OCH3 is 2. The molecular formula is C22H24N6O2. The van der Waals surface area contributed by atoms with Crippen LogP contribution in [-0.2, 0) is 6.54 Å². The molecule has 0 amide bonds. The Bertz CT molecular complexity index is 1170. The Kier molecular flexibility index (Phi) is 4.84. The highest BCUT2D eigenvalue weighted by Crippen LogP contribution is 2.32. The van der Waals surface area contributed by atoms with Gasteiger partial charge in [0.15, 0.2) is 23.0 Å². The van der Waals surface area contributed by atoms with Gasteiger partial charge in [-0.25, -0.2) is 4.98 Å². The highest BCUT2D eigenvalue weighted by Gasteiger charge is 2.20. The van der Waals surface area contributed by atoms with Crippen molar-refractivity contribution in [1.82, 2.24) is 24.5 Å². The molecule has 4 aromatic rings. The average molecular weight is 404 g/mol. The fourth-order valence-electron chi connectivity index (χ4n) is 4.01. The number of benzene rings is 2. The van der Waals surface area contributed by atoms with Gasteiger partial charge in [0.2, 0.25) is 0 Å². The molecule has 30 heavy (non-hydrogen) atoms. The second-order valence-electron chi connectivity index (χ2n) is 7.38. The number of nitrogens with zero attached hydrogens (tertiary/aromatic N) is 6. The van der Waals surface area contributed by atoms with Crippen LogP contribution >= 0.6 is 0 Å². The third kappa shape index (κ3) is 3.29. The second-order valence-corrected chi connectivity index (χ2v) is 7.38. The zero-order valence-corrected chi connectivity index (χ0v) is 17.2. The SMILES string of the molecule is COc1cc2ncn3c(CN4CCN(c5ccccc5)CC4)nnc3c2cc1OC. The van der Waals surface area contributed by atoms with Gasteiger partial charge in [-0.05, 0) is 18.2 Å². The Balaban J connectivity index is 1.37. The lowest BCUT2D eigenvalue weighted by atomic mass is 10.2. The molecule has 1 fully saturated rings. The first-order valence-electron chi connectivity index (χ1n) is 10.0. The maximum atomic E-state index is 5.44. The molecule has 0 spiro atoms. The third-order valence-electron chi connectivity index (χ3n) is 5.68. The van der Waals surface area contributed by atoms with Crippen molar-refractivity contribution in [3.63, 3.8) is 0 Å². The van der Waals surface area contributed by atoms with E-state index >= 15 is 0 Å². The van der Waals surface area contributed by atoms with Gasteiger partial charge in [-0.2, -0.15) is 0 Å².